The molecular weight excluding hydrogens is 250 g/mol. The summed E-state index contributed by atoms with van der Waals surface area (Å²) in [5, 5.41) is 1.89. The van der Waals surface area contributed by atoms with Gasteiger partial charge in [0, 0.05) is 30.1 Å². The molecule has 1 aliphatic heterocycles. The van der Waals surface area contributed by atoms with Crippen molar-refractivity contribution < 1.29 is 9.15 Å². The van der Waals surface area contributed by atoms with E-state index in [9.17, 15) is 4.79 Å². The summed E-state index contributed by atoms with van der Waals surface area (Å²) < 4.78 is 11.8. The molecule has 0 N–H and O–H groups in total. The quantitative estimate of drug-likeness (QED) is 0.834. The van der Waals surface area contributed by atoms with E-state index in [2.05, 4.69) is 6.58 Å². The van der Waals surface area contributed by atoms with Crippen molar-refractivity contribution in [1.29, 1.82) is 0 Å². The molecule has 0 amide bonds. The first-order valence-electron chi connectivity index (χ1n) is 5.80. The molecule has 0 atom stereocenters. The van der Waals surface area contributed by atoms with Crippen molar-refractivity contribution in [2.24, 2.45) is 0 Å². The van der Waals surface area contributed by atoms with Gasteiger partial charge in [-0.1, -0.05) is 12.7 Å². The van der Waals surface area contributed by atoms with E-state index in [0.717, 1.165) is 18.7 Å². The molecule has 1 aliphatic rings. The molecule has 3 heterocycles. The summed E-state index contributed by atoms with van der Waals surface area (Å²) in [6, 6.07) is 1.57. The smallest absolute Gasteiger partial charge is 0.204 e. The minimum absolute atomic E-state index is 0.0100. The monoisotopic (exact) mass is 263 g/mol. The van der Waals surface area contributed by atoms with E-state index in [1.807, 2.05) is 10.3 Å². The molecule has 3 rings (SSSR count). The summed E-state index contributed by atoms with van der Waals surface area (Å²) in [5.74, 6) is 0.622. The first kappa shape index (κ1) is 11.5. The number of fused-ring (bicyclic) bond motifs is 1. The molecule has 0 radical (unpaired) electrons. The van der Waals surface area contributed by atoms with Crippen LogP contribution in [0.5, 0.6) is 0 Å². The summed E-state index contributed by atoms with van der Waals surface area (Å²) in [4.78, 5) is 14.1. The lowest BCUT2D eigenvalue weighted by molar-refractivity contribution is 0.121. The van der Waals surface area contributed by atoms with E-state index in [1.54, 1.807) is 12.1 Å². The van der Waals surface area contributed by atoms with Crippen LogP contribution >= 0.6 is 11.3 Å². The fourth-order valence-electron chi connectivity index (χ4n) is 2.03. The number of nitrogens with zero attached hydrogens (tertiary/aromatic N) is 1. The van der Waals surface area contributed by atoms with Crippen LogP contribution in [0, 0.1) is 0 Å². The fraction of sp³-hybridized carbons (Fsp3) is 0.308. The molecule has 0 spiro atoms. The van der Waals surface area contributed by atoms with Gasteiger partial charge in [-0.15, -0.1) is 11.3 Å². The first-order valence-corrected chi connectivity index (χ1v) is 6.68. The molecule has 18 heavy (non-hydrogen) atoms. The van der Waals surface area contributed by atoms with E-state index in [4.69, 9.17) is 9.15 Å². The standard InChI is InChI=1S/C13H13NO3S/c1-2-9-8-18-13-10(15)7-11(17-12(9)13)14-3-5-16-6-4-14/h2,7-8H,1,3-6H2. The highest BCUT2D eigenvalue weighted by Gasteiger charge is 2.16. The van der Waals surface area contributed by atoms with Crippen molar-refractivity contribution in [3.05, 3.63) is 33.8 Å². The Morgan fingerprint density at radius 1 is 1.39 bits per heavy atom. The normalized spacial score (nSPS) is 16.1. The van der Waals surface area contributed by atoms with Crippen molar-refractivity contribution in [2.45, 2.75) is 0 Å². The Bertz CT molecular complexity index is 637. The Balaban J connectivity index is 2.12. The van der Waals surface area contributed by atoms with E-state index in [0.29, 0.717) is 29.4 Å². The van der Waals surface area contributed by atoms with E-state index < -0.39 is 0 Å². The average Bonchev–Trinajstić information content (AvgIpc) is 2.83. The molecule has 2 aromatic rings. The summed E-state index contributed by atoms with van der Waals surface area (Å²) >= 11 is 1.40. The topological polar surface area (TPSA) is 42.7 Å². The second-order valence-corrected chi connectivity index (χ2v) is 4.98. The molecular formula is C13H13NO3S. The average molecular weight is 263 g/mol. The minimum Gasteiger partial charge on any atom is -0.439 e. The van der Waals surface area contributed by atoms with Crippen LogP contribution in [0.3, 0.4) is 0 Å². The summed E-state index contributed by atoms with van der Waals surface area (Å²) in [6.07, 6.45) is 1.71. The molecule has 2 aromatic heterocycles. The molecule has 5 heteroatoms. The minimum atomic E-state index is 0.0100. The molecule has 0 bridgehead atoms. The lowest BCUT2D eigenvalue weighted by atomic mass is 10.3. The Morgan fingerprint density at radius 3 is 2.89 bits per heavy atom. The van der Waals surface area contributed by atoms with Gasteiger partial charge >= 0.3 is 0 Å². The molecule has 0 aliphatic carbocycles. The van der Waals surface area contributed by atoms with Crippen LogP contribution < -0.4 is 10.3 Å². The van der Waals surface area contributed by atoms with E-state index in [1.165, 1.54) is 11.3 Å². The maximum atomic E-state index is 12.0. The molecule has 4 nitrogen and oxygen atoms in total. The van der Waals surface area contributed by atoms with Crippen LogP contribution in [-0.4, -0.2) is 26.3 Å². The molecule has 1 saturated heterocycles. The van der Waals surface area contributed by atoms with Crippen LogP contribution in [-0.2, 0) is 4.74 Å². The third-order valence-electron chi connectivity index (χ3n) is 3.00. The second kappa shape index (κ2) is 4.59. The molecule has 0 unspecified atom stereocenters. The van der Waals surface area contributed by atoms with E-state index >= 15 is 0 Å². The van der Waals surface area contributed by atoms with Crippen molar-refractivity contribution in [3.8, 4) is 0 Å². The van der Waals surface area contributed by atoms with Gasteiger partial charge in [-0.25, -0.2) is 0 Å². The number of anilines is 1. The second-order valence-electron chi connectivity index (χ2n) is 4.10. The number of thiophene rings is 1. The maximum absolute atomic E-state index is 12.0. The summed E-state index contributed by atoms with van der Waals surface area (Å²) in [5.41, 5.74) is 1.53. The SMILES string of the molecule is C=Cc1csc2c(=O)cc(N3CCOCC3)oc12. The third kappa shape index (κ3) is 1.85. The number of hydrogen-bond acceptors (Lipinski definition) is 5. The maximum Gasteiger partial charge on any atom is 0.204 e. The predicted molar refractivity (Wildman–Crippen MR) is 73.5 cm³/mol. The van der Waals surface area contributed by atoms with Crippen LogP contribution in [0.25, 0.3) is 16.4 Å². The fourth-order valence-corrected chi connectivity index (χ4v) is 2.92. The van der Waals surface area contributed by atoms with Gasteiger partial charge in [0.25, 0.3) is 0 Å². The first-order chi connectivity index (χ1) is 8.79. The van der Waals surface area contributed by atoms with Gasteiger partial charge < -0.3 is 14.1 Å². The number of morpholine rings is 1. The molecule has 0 saturated carbocycles. The largest absolute Gasteiger partial charge is 0.439 e. The highest BCUT2D eigenvalue weighted by molar-refractivity contribution is 7.17. The summed E-state index contributed by atoms with van der Waals surface area (Å²) in [7, 11) is 0. The predicted octanol–water partition coefficient (Wildman–Crippen LogP) is 2.33. The van der Waals surface area contributed by atoms with Gasteiger partial charge in [-0.3, -0.25) is 4.79 Å². The Kier molecular flexibility index (Phi) is 2.93. The lowest BCUT2D eigenvalue weighted by Gasteiger charge is -2.27. The van der Waals surface area contributed by atoms with Crippen LogP contribution in [0.4, 0.5) is 5.88 Å². The van der Waals surface area contributed by atoms with Gasteiger partial charge in [0.1, 0.15) is 4.70 Å². The Hall–Kier alpha value is -1.59. The van der Waals surface area contributed by atoms with Crippen molar-refractivity contribution in [3.63, 3.8) is 0 Å². The number of hydrogen-bond donors (Lipinski definition) is 0. The third-order valence-corrected chi connectivity index (χ3v) is 3.99. The van der Waals surface area contributed by atoms with Crippen molar-refractivity contribution >= 4 is 33.6 Å². The van der Waals surface area contributed by atoms with E-state index in [-0.39, 0.29) is 5.43 Å². The lowest BCUT2D eigenvalue weighted by Crippen LogP contribution is -2.36. The molecule has 94 valence electrons. The molecule has 1 fully saturated rings. The highest BCUT2D eigenvalue weighted by Crippen LogP contribution is 2.28. The summed E-state index contributed by atoms with van der Waals surface area (Å²) in [6.45, 7) is 6.57. The van der Waals surface area contributed by atoms with Gasteiger partial charge in [-0.2, -0.15) is 0 Å². The van der Waals surface area contributed by atoms with Crippen LogP contribution in [0.1, 0.15) is 5.56 Å². The van der Waals surface area contributed by atoms with Gasteiger partial charge in [-0.05, 0) is 0 Å². The zero-order chi connectivity index (χ0) is 12.5. The van der Waals surface area contributed by atoms with Gasteiger partial charge in [0.15, 0.2) is 11.5 Å². The zero-order valence-corrected chi connectivity index (χ0v) is 10.7. The van der Waals surface area contributed by atoms with Crippen LogP contribution in [0.2, 0.25) is 0 Å². The highest BCUT2D eigenvalue weighted by atomic mass is 32.1. The van der Waals surface area contributed by atoms with Crippen LogP contribution in [0.15, 0.2) is 27.2 Å². The van der Waals surface area contributed by atoms with Crippen molar-refractivity contribution in [1.82, 2.24) is 0 Å². The Morgan fingerprint density at radius 2 is 2.17 bits per heavy atom. The van der Waals surface area contributed by atoms with Gasteiger partial charge in [0.05, 0.1) is 13.2 Å². The number of rotatable bonds is 2. The molecule has 0 aromatic carbocycles. The Labute approximate surface area is 108 Å². The van der Waals surface area contributed by atoms with Gasteiger partial charge in [0.2, 0.25) is 5.43 Å². The zero-order valence-electron chi connectivity index (χ0n) is 9.85. The number of ether oxygens (including phenoxy) is 1. The van der Waals surface area contributed by atoms with Crippen molar-refractivity contribution in [2.75, 3.05) is 31.2 Å².